The number of hydrogen-bond acceptors (Lipinski definition) is 4. The smallest absolute Gasteiger partial charge is 0.259 e. The van der Waals surface area contributed by atoms with Crippen molar-refractivity contribution >= 4 is 29.0 Å². The van der Waals surface area contributed by atoms with Crippen molar-refractivity contribution in [3.8, 4) is 5.75 Å². The van der Waals surface area contributed by atoms with Crippen LogP contribution in [0.15, 0.2) is 47.4 Å². The Morgan fingerprint density at radius 3 is 2.76 bits per heavy atom. The van der Waals surface area contributed by atoms with Crippen LogP contribution in [0.1, 0.15) is 17.3 Å². The Morgan fingerprint density at radius 2 is 2.05 bits per heavy atom. The van der Waals surface area contributed by atoms with Gasteiger partial charge < -0.3 is 15.8 Å². The number of ether oxygens (including phenoxy) is 1. The fourth-order valence-electron chi connectivity index (χ4n) is 1.94. The molecule has 2 rings (SSSR count). The van der Waals surface area contributed by atoms with Crippen LogP contribution in [0, 0.1) is 0 Å². The van der Waals surface area contributed by atoms with Crippen LogP contribution in [0.4, 0.5) is 11.4 Å². The molecule has 0 bridgehead atoms. The molecule has 0 spiro atoms. The number of nitrogens with two attached hydrogens (primary N) is 1. The van der Waals surface area contributed by atoms with Crippen LogP contribution in [0.25, 0.3) is 0 Å². The number of carbonyl (C=O) groups excluding carboxylic acids is 1. The van der Waals surface area contributed by atoms with Crippen LogP contribution >= 0.6 is 11.8 Å². The number of amides is 1. The summed E-state index contributed by atoms with van der Waals surface area (Å²) in [7, 11) is 0. The third kappa shape index (κ3) is 3.70. The summed E-state index contributed by atoms with van der Waals surface area (Å²) >= 11 is 1.62. The van der Waals surface area contributed by atoms with Crippen LogP contribution < -0.4 is 15.8 Å². The minimum absolute atomic E-state index is 0.232. The fourth-order valence-corrected chi connectivity index (χ4v) is 2.40. The normalized spacial score (nSPS) is 10.2. The van der Waals surface area contributed by atoms with Gasteiger partial charge in [0.2, 0.25) is 0 Å². The molecule has 0 saturated carbocycles. The maximum absolute atomic E-state index is 12.4. The van der Waals surface area contributed by atoms with Gasteiger partial charge in [0.25, 0.3) is 5.91 Å². The van der Waals surface area contributed by atoms with Gasteiger partial charge in [-0.15, -0.1) is 11.8 Å². The number of anilines is 2. The van der Waals surface area contributed by atoms with Gasteiger partial charge in [-0.2, -0.15) is 0 Å². The number of nitrogens with one attached hydrogen (secondary N) is 1. The van der Waals surface area contributed by atoms with Gasteiger partial charge in [-0.1, -0.05) is 12.1 Å². The molecule has 21 heavy (non-hydrogen) atoms. The Balaban J connectivity index is 2.26. The Kier molecular flexibility index (Phi) is 5.11. The average Bonchev–Trinajstić information content (AvgIpc) is 2.49. The summed E-state index contributed by atoms with van der Waals surface area (Å²) in [6, 6.07) is 12.8. The quantitative estimate of drug-likeness (QED) is 0.654. The number of rotatable bonds is 5. The summed E-state index contributed by atoms with van der Waals surface area (Å²) in [6.07, 6.45) is 1.99. The van der Waals surface area contributed by atoms with Crippen LogP contribution in [-0.2, 0) is 0 Å². The molecule has 0 unspecified atom stereocenters. The van der Waals surface area contributed by atoms with Crippen molar-refractivity contribution in [1.82, 2.24) is 0 Å². The van der Waals surface area contributed by atoms with Crippen LogP contribution in [0.2, 0.25) is 0 Å². The van der Waals surface area contributed by atoms with Crippen molar-refractivity contribution in [3.63, 3.8) is 0 Å². The molecule has 0 aliphatic carbocycles. The van der Waals surface area contributed by atoms with Crippen LogP contribution in [0.5, 0.6) is 5.75 Å². The first-order valence-corrected chi connectivity index (χ1v) is 7.85. The summed E-state index contributed by atoms with van der Waals surface area (Å²) in [5, 5.41) is 2.87. The third-order valence-electron chi connectivity index (χ3n) is 2.91. The number of nitrogen functional groups attached to an aromatic ring is 1. The van der Waals surface area contributed by atoms with E-state index in [0.717, 1.165) is 10.6 Å². The molecule has 0 heterocycles. The van der Waals surface area contributed by atoms with Gasteiger partial charge >= 0.3 is 0 Å². The molecule has 2 aromatic rings. The standard InChI is InChI=1S/C16H18N2O2S/c1-3-20-15-13(8-5-9-14(15)17)16(19)18-11-6-4-7-12(10-11)21-2/h4-10H,3,17H2,1-2H3,(H,18,19). The molecule has 0 fully saturated rings. The van der Waals surface area contributed by atoms with Gasteiger partial charge in [0, 0.05) is 10.6 Å². The van der Waals surface area contributed by atoms with Crippen molar-refractivity contribution in [3.05, 3.63) is 48.0 Å². The maximum atomic E-state index is 12.4. The van der Waals surface area contributed by atoms with E-state index in [1.165, 1.54) is 0 Å². The molecule has 1 amide bonds. The van der Waals surface area contributed by atoms with Gasteiger partial charge in [0.1, 0.15) is 0 Å². The topological polar surface area (TPSA) is 64.3 Å². The molecular formula is C16H18N2O2S. The van der Waals surface area contributed by atoms with Crippen molar-refractivity contribution < 1.29 is 9.53 Å². The first-order chi connectivity index (χ1) is 10.2. The minimum atomic E-state index is -0.232. The second kappa shape index (κ2) is 7.04. The zero-order valence-electron chi connectivity index (χ0n) is 12.1. The second-order valence-electron chi connectivity index (χ2n) is 4.34. The zero-order chi connectivity index (χ0) is 15.2. The SMILES string of the molecule is CCOc1c(N)cccc1C(=O)Nc1cccc(SC)c1. The first-order valence-electron chi connectivity index (χ1n) is 6.62. The summed E-state index contributed by atoms with van der Waals surface area (Å²) in [5.41, 5.74) is 7.52. The highest BCUT2D eigenvalue weighted by Crippen LogP contribution is 2.27. The summed E-state index contributed by atoms with van der Waals surface area (Å²) in [5.74, 6) is 0.197. The average molecular weight is 302 g/mol. The van der Waals surface area contributed by atoms with E-state index in [-0.39, 0.29) is 5.91 Å². The highest BCUT2D eigenvalue weighted by atomic mass is 32.2. The van der Waals surface area contributed by atoms with Gasteiger partial charge in [-0.05, 0) is 43.5 Å². The van der Waals surface area contributed by atoms with E-state index in [1.807, 2.05) is 37.4 Å². The predicted molar refractivity (Wildman–Crippen MR) is 88.2 cm³/mol. The van der Waals surface area contributed by atoms with Gasteiger partial charge in [0.15, 0.2) is 5.75 Å². The Hall–Kier alpha value is -2.14. The molecule has 5 heteroatoms. The Bertz CT molecular complexity index is 644. The molecule has 2 aromatic carbocycles. The first kappa shape index (κ1) is 15.3. The lowest BCUT2D eigenvalue weighted by Gasteiger charge is -2.13. The van der Waals surface area contributed by atoms with Gasteiger partial charge in [-0.25, -0.2) is 0 Å². The number of benzene rings is 2. The van der Waals surface area contributed by atoms with E-state index in [2.05, 4.69) is 5.32 Å². The third-order valence-corrected chi connectivity index (χ3v) is 3.63. The van der Waals surface area contributed by atoms with E-state index in [9.17, 15) is 4.79 Å². The van der Waals surface area contributed by atoms with E-state index in [1.54, 1.807) is 30.0 Å². The van der Waals surface area contributed by atoms with E-state index >= 15 is 0 Å². The highest BCUT2D eigenvalue weighted by molar-refractivity contribution is 7.98. The maximum Gasteiger partial charge on any atom is 0.259 e. The number of carbonyl (C=O) groups is 1. The van der Waals surface area contributed by atoms with Crippen molar-refractivity contribution in [2.45, 2.75) is 11.8 Å². The number of hydrogen-bond donors (Lipinski definition) is 2. The summed E-state index contributed by atoms with van der Waals surface area (Å²) in [6.45, 7) is 2.31. The molecule has 110 valence electrons. The lowest BCUT2D eigenvalue weighted by molar-refractivity contribution is 0.102. The fraction of sp³-hybridized carbons (Fsp3) is 0.188. The Labute approximate surface area is 128 Å². The van der Waals surface area contributed by atoms with Crippen molar-refractivity contribution in [2.75, 3.05) is 23.9 Å². The van der Waals surface area contributed by atoms with Crippen molar-refractivity contribution in [2.24, 2.45) is 0 Å². The minimum Gasteiger partial charge on any atom is -0.491 e. The molecule has 0 radical (unpaired) electrons. The molecule has 4 nitrogen and oxygen atoms in total. The lowest BCUT2D eigenvalue weighted by Crippen LogP contribution is -2.14. The molecule has 0 aliphatic rings. The van der Waals surface area contributed by atoms with Crippen LogP contribution in [0.3, 0.4) is 0 Å². The van der Waals surface area contributed by atoms with Gasteiger partial charge in [0.05, 0.1) is 17.9 Å². The molecule has 0 aromatic heterocycles. The monoisotopic (exact) mass is 302 g/mol. The predicted octanol–water partition coefficient (Wildman–Crippen LogP) is 3.64. The largest absolute Gasteiger partial charge is 0.491 e. The Morgan fingerprint density at radius 1 is 1.29 bits per heavy atom. The molecule has 0 saturated heterocycles. The zero-order valence-corrected chi connectivity index (χ0v) is 12.9. The van der Waals surface area contributed by atoms with Gasteiger partial charge in [-0.3, -0.25) is 4.79 Å². The molecular weight excluding hydrogens is 284 g/mol. The van der Waals surface area contributed by atoms with Crippen molar-refractivity contribution in [1.29, 1.82) is 0 Å². The lowest BCUT2D eigenvalue weighted by atomic mass is 10.1. The highest BCUT2D eigenvalue weighted by Gasteiger charge is 2.15. The second-order valence-corrected chi connectivity index (χ2v) is 5.22. The summed E-state index contributed by atoms with van der Waals surface area (Å²) in [4.78, 5) is 13.5. The number of thioether (sulfide) groups is 1. The van der Waals surface area contributed by atoms with Crippen LogP contribution in [-0.4, -0.2) is 18.8 Å². The summed E-state index contributed by atoms with van der Waals surface area (Å²) < 4.78 is 5.48. The molecule has 0 aliphatic heterocycles. The molecule has 3 N–H and O–H groups in total. The van der Waals surface area contributed by atoms with E-state index in [0.29, 0.717) is 23.6 Å². The van der Waals surface area contributed by atoms with E-state index in [4.69, 9.17) is 10.5 Å². The number of para-hydroxylation sites is 1. The molecule has 0 atom stereocenters. The van der Waals surface area contributed by atoms with E-state index < -0.39 is 0 Å².